The summed E-state index contributed by atoms with van der Waals surface area (Å²) < 4.78 is 7.26. The van der Waals surface area contributed by atoms with Crippen LogP contribution in [-0.4, -0.2) is 67.6 Å². The first kappa shape index (κ1) is 39.5. The van der Waals surface area contributed by atoms with Crippen molar-refractivity contribution in [3.05, 3.63) is 46.8 Å². The summed E-state index contributed by atoms with van der Waals surface area (Å²) in [4.78, 5) is 23.5. The highest BCUT2D eigenvalue weighted by atomic mass is 16.5. The first-order valence-electron chi connectivity index (χ1n) is 15.3. The summed E-state index contributed by atoms with van der Waals surface area (Å²) >= 11 is 0. The van der Waals surface area contributed by atoms with Crippen LogP contribution >= 0.6 is 0 Å². The average Bonchev–Trinajstić information content (AvgIpc) is 2.97. The Morgan fingerprint density at radius 3 is 2.05 bits per heavy atom. The van der Waals surface area contributed by atoms with Gasteiger partial charge in [-0.2, -0.15) is 0 Å². The molecule has 3 heterocycles. The predicted octanol–water partition coefficient (Wildman–Crippen LogP) is 6.65. The number of Topliss-reactive ketones (excluding diaryl/α,β-unsaturated/α-hetero) is 1. The summed E-state index contributed by atoms with van der Waals surface area (Å²) in [5.41, 5.74) is 6.18. The van der Waals surface area contributed by atoms with Gasteiger partial charge in [0.25, 0.3) is 0 Å². The molecule has 1 aliphatic heterocycles. The number of ketones is 1. The first-order valence-corrected chi connectivity index (χ1v) is 15.3. The number of rotatable bonds is 7. The van der Waals surface area contributed by atoms with Crippen LogP contribution in [0.4, 0.5) is 5.69 Å². The number of hydrogen-bond donors (Lipinski definition) is 0. The van der Waals surface area contributed by atoms with E-state index in [0.717, 1.165) is 63.1 Å². The van der Waals surface area contributed by atoms with Crippen molar-refractivity contribution < 1.29 is 9.53 Å². The largest absolute Gasteiger partial charge is 0.496 e. The quantitative estimate of drug-likeness (QED) is 0.380. The van der Waals surface area contributed by atoms with Crippen molar-refractivity contribution in [3.63, 3.8) is 0 Å². The van der Waals surface area contributed by atoms with Gasteiger partial charge in [0.15, 0.2) is 0 Å². The van der Waals surface area contributed by atoms with E-state index in [-0.39, 0.29) is 5.78 Å². The summed E-state index contributed by atoms with van der Waals surface area (Å²) in [6.07, 6.45) is 9.02. The van der Waals surface area contributed by atoms with Crippen molar-refractivity contribution in [1.82, 2.24) is 14.5 Å². The number of aryl methyl sites for hydroxylation is 3. The minimum atomic E-state index is 0.289. The van der Waals surface area contributed by atoms with Crippen molar-refractivity contribution in [2.24, 2.45) is 12.0 Å². The lowest BCUT2D eigenvalue weighted by molar-refractivity contribution is -0.117. The molecule has 2 aromatic rings. The Morgan fingerprint density at radius 2 is 1.62 bits per heavy atom. The smallest absolute Gasteiger partial charge is 0.130 e. The summed E-state index contributed by atoms with van der Waals surface area (Å²) in [5, 5.41) is 0. The van der Waals surface area contributed by atoms with E-state index in [1.54, 1.807) is 21.1 Å². The van der Waals surface area contributed by atoms with E-state index in [0.29, 0.717) is 0 Å². The van der Waals surface area contributed by atoms with E-state index in [1.165, 1.54) is 28.9 Å². The monoisotopic (exact) mass is 559 g/mol. The summed E-state index contributed by atoms with van der Waals surface area (Å²) in [6.45, 7) is 22.7. The molecule has 0 bridgehead atoms. The van der Waals surface area contributed by atoms with Crippen LogP contribution in [0.15, 0.2) is 29.5 Å². The van der Waals surface area contributed by atoms with Crippen molar-refractivity contribution in [2.75, 3.05) is 52.3 Å². The molecule has 2 aromatic heterocycles. The number of likely N-dealkylation sites (N-methyl/N-ethyl adjacent to an activating group) is 1. The molecule has 1 saturated heterocycles. The molecule has 0 N–H and O–H groups in total. The molecule has 1 aliphatic rings. The highest BCUT2D eigenvalue weighted by Gasteiger charge is 2.17. The number of pyridine rings is 2. The first-order chi connectivity index (χ1) is 19.2. The zero-order valence-corrected chi connectivity index (χ0v) is 28.2. The number of aromatic nitrogens is 2. The van der Waals surface area contributed by atoms with Crippen LogP contribution in [0, 0.1) is 6.92 Å². The van der Waals surface area contributed by atoms with Gasteiger partial charge in [-0.1, -0.05) is 54.9 Å². The number of methoxy groups -OCH3 is 1. The van der Waals surface area contributed by atoms with Crippen LogP contribution < -0.4 is 15.1 Å². The highest BCUT2D eigenvalue weighted by Crippen LogP contribution is 2.24. The van der Waals surface area contributed by atoms with Gasteiger partial charge in [0, 0.05) is 82.1 Å². The molecule has 0 amide bonds. The fourth-order valence-corrected chi connectivity index (χ4v) is 4.19. The molecule has 0 saturated carbocycles. The molecular formula is C33H61N5O2. The number of carbonyl (C=O) groups excluding carboxylic acids is 1. The Balaban J connectivity index is 0. The molecule has 1 fully saturated rings. The summed E-state index contributed by atoms with van der Waals surface area (Å²) in [6, 6.07) is 4.14. The van der Waals surface area contributed by atoms with Crippen LogP contribution in [0.2, 0.25) is 0 Å². The number of piperazine rings is 1. The molecule has 7 nitrogen and oxygen atoms in total. The second-order valence-electron chi connectivity index (χ2n) is 9.30. The van der Waals surface area contributed by atoms with Gasteiger partial charge in [-0.3, -0.25) is 9.98 Å². The average molecular weight is 560 g/mol. The van der Waals surface area contributed by atoms with Crippen LogP contribution in [0.25, 0.3) is 0 Å². The third kappa shape index (κ3) is 14.6. The van der Waals surface area contributed by atoms with Gasteiger partial charge in [0.2, 0.25) is 0 Å². The van der Waals surface area contributed by atoms with Crippen molar-refractivity contribution in [3.8, 4) is 5.75 Å². The minimum absolute atomic E-state index is 0.289. The van der Waals surface area contributed by atoms with Gasteiger partial charge in [0.1, 0.15) is 17.0 Å². The fourth-order valence-electron chi connectivity index (χ4n) is 4.19. The summed E-state index contributed by atoms with van der Waals surface area (Å²) in [7, 11) is 7.65. The Kier molecular flexibility index (Phi) is 23.8. The molecule has 0 unspecified atom stereocenters. The zero-order chi connectivity index (χ0) is 31.1. The fraction of sp³-hybridized carbons (Fsp3) is 0.667. The number of anilines is 1. The second kappa shape index (κ2) is 24.2. The van der Waals surface area contributed by atoms with Crippen LogP contribution in [0.1, 0.15) is 91.5 Å². The van der Waals surface area contributed by atoms with Gasteiger partial charge in [-0.05, 0) is 51.8 Å². The lowest BCUT2D eigenvalue weighted by atomic mass is 10.1. The van der Waals surface area contributed by atoms with E-state index in [4.69, 9.17) is 4.74 Å². The van der Waals surface area contributed by atoms with Crippen molar-refractivity contribution in [2.45, 2.75) is 94.4 Å². The molecule has 0 spiro atoms. The normalized spacial score (nSPS) is 12.8. The lowest BCUT2D eigenvalue weighted by Crippen LogP contribution is -2.44. The molecule has 3 rings (SSSR count). The zero-order valence-electron chi connectivity index (χ0n) is 28.2. The predicted molar refractivity (Wildman–Crippen MR) is 174 cm³/mol. The third-order valence-corrected chi connectivity index (χ3v) is 6.31. The number of hydrogen-bond acceptors (Lipinski definition) is 6. The topological polar surface area (TPSA) is 63.0 Å². The summed E-state index contributed by atoms with van der Waals surface area (Å²) in [5.74, 6) is 1.21. The molecule has 7 heteroatoms. The van der Waals surface area contributed by atoms with Gasteiger partial charge in [-0.25, -0.2) is 0 Å². The van der Waals surface area contributed by atoms with Gasteiger partial charge < -0.3 is 23.9 Å². The van der Waals surface area contributed by atoms with Gasteiger partial charge in [0.05, 0.1) is 7.11 Å². The van der Waals surface area contributed by atoms with Crippen molar-refractivity contribution in [1.29, 1.82) is 0 Å². The molecule has 0 radical (unpaired) electrons. The Morgan fingerprint density at radius 1 is 1.02 bits per heavy atom. The number of nitrogens with zero attached hydrogens (tertiary/aromatic N) is 5. The van der Waals surface area contributed by atoms with E-state index in [1.807, 2.05) is 58.5 Å². The second-order valence-corrected chi connectivity index (χ2v) is 9.30. The van der Waals surface area contributed by atoms with E-state index < -0.39 is 0 Å². The number of carbonyl (C=O) groups is 1. The molecule has 40 heavy (non-hydrogen) atoms. The molecule has 0 atom stereocenters. The molecular weight excluding hydrogens is 498 g/mol. The van der Waals surface area contributed by atoms with E-state index >= 15 is 0 Å². The maximum atomic E-state index is 10.0. The molecule has 230 valence electrons. The minimum Gasteiger partial charge on any atom is -0.496 e. The SMILES string of the molecule is CC.CC.CCCC(C)=O.CCCc1c(N2CCN(C)CC2)ccnc1C.CCc1cn(C)c(=NC)cc1OC. The van der Waals surface area contributed by atoms with E-state index in [9.17, 15) is 4.79 Å². The highest BCUT2D eigenvalue weighted by molar-refractivity contribution is 5.75. The lowest BCUT2D eigenvalue weighted by Gasteiger charge is -2.35. The third-order valence-electron chi connectivity index (χ3n) is 6.31. The van der Waals surface area contributed by atoms with Gasteiger partial charge in [-0.15, -0.1) is 0 Å². The number of ether oxygens (including phenoxy) is 1. The maximum Gasteiger partial charge on any atom is 0.130 e. The Bertz CT molecular complexity index is 993. The van der Waals surface area contributed by atoms with Crippen LogP contribution in [0.5, 0.6) is 5.75 Å². The van der Waals surface area contributed by atoms with Crippen LogP contribution in [-0.2, 0) is 24.7 Å². The van der Waals surface area contributed by atoms with Crippen LogP contribution in [0.3, 0.4) is 0 Å². The Labute approximate surface area is 246 Å². The van der Waals surface area contributed by atoms with Crippen molar-refractivity contribution >= 4 is 11.5 Å². The molecule has 0 aliphatic carbocycles. The van der Waals surface area contributed by atoms with Gasteiger partial charge >= 0.3 is 0 Å². The Hall–Kier alpha value is -2.67. The van der Waals surface area contributed by atoms with E-state index in [2.05, 4.69) is 59.9 Å². The standard InChI is InChI=1S/C14H23N3.C10H16N2O.C5H10O.2C2H6/c1-4-5-13-12(2)15-7-6-14(13)17-10-8-16(3)9-11-17;1-5-8-7-12(3)10(11-2)6-9(8)13-4;1-3-4-5(2)6;2*1-2/h6-7H,4-5,8-11H2,1-3H3;6-7H,5H2,1-4H3;3-4H2,1-2H3;2*1-2H3. The molecule has 0 aromatic carbocycles. The maximum absolute atomic E-state index is 10.0.